The molecule has 0 aliphatic carbocycles. The number of ether oxygens (including phenoxy) is 1. The number of hydrogen-bond acceptors (Lipinski definition) is 6. The Morgan fingerprint density at radius 3 is 2.78 bits per heavy atom. The Labute approximate surface area is 136 Å². The third-order valence-electron chi connectivity index (χ3n) is 2.90. The van der Waals surface area contributed by atoms with E-state index in [0.717, 1.165) is 0 Å². The number of rotatable bonds is 7. The van der Waals surface area contributed by atoms with E-state index in [1.54, 1.807) is 29.6 Å². The minimum absolute atomic E-state index is 0.129. The van der Waals surface area contributed by atoms with Gasteiger partial charge in [-0.2, -0.15) is 0 Å². The number of nitrogens with zero attached hydrogens (tertiary/aromatic N) is 1. The Bertz CT molecular complexity index is 651. The standard InChI is InChI=1S/C15H16N2O5S/c1-17(9-13(18)16-8-11-4-2-6-21-11)14(19)10-22-15(20)12-5-3-7-23-12/h2-7H,8-10H2,1H3,(H,16,18). The molecule has 0 spiro atoms. The summed E-state index contributed by atoms with van der Waals surface area (Å²) in [5, 5.41) is 4.37. The lowest BCUT2D eigenvalue weighted by molar-refractivity contribution is -0.137. The minimum Gasteiger partial charge on any atom is -0.467 e. The summed E-state index contributed by atoms with van der Waals surface area (Å²) in [4.78, 5) is 36.8. The second-order valence-corrected chi connectivity index (χ2v) is 5.61. The Morgan fingerprint density at radius 1 is 1.30 bits per heavy atom. The van der Waals surface area contributed by atoms with Crippen LogP contribution in [-0.4, -0.2) is 42.9 Å². The van der Waals surface area contributed by atoms with Crippen molar-refractivity contribution in [3.05, 3.63) is 46.5 Å². The van der Waals surface area contributed by atoms with Crippen LogP contribution in [0.4, 0.5) is 0 Å². The fraction of sp³-hybridized carbons (Fsp3) is 0.267. The monoisotopic (exact) mass is 336 g/mol. The number of furan rings is 1. The average Bonchev–Trinajstić information content (AvgIpc) is 3.22. The molecule has 2 aromatic rings. The number of carbonyl (C=O) groups excluding carboxylic acids is 3. The van der Waals surface area contributed by atoms with Gasteiger partial charge in [0.25, 0.3) is 5.91 Å². The highest BCUT2D eigenvalue weighted by Crippen LogP contribution is 2.09. The van der Waals surface area contributed by atoms with Crippen molar-refractivity contribution in [2.45, 2.75) is 6.54 Å². The summed E-state index contributed by atoms with van der Waals surface area (Å²) in [7, 11) is 1.47. The molecule has 7 nitrogen and oxygen atoms in total. The molecule has 0 saturated carbocycles. The fourth-order valence-corrected chi connectivity index (χ4v) is 2.28. The molecular formula is C15H16N2O5S. The third kappa shape index (κ3) is 5.26. The Balaban J connectivity index is 1.69. The first-order valence-corrected chi connectivity index (χ1v) is 7.68. The lowest BCUT2D eigenvalue weighted by Gasteiger charge is -2.16. The maximum absolute atomic E-state index is 11.8. The second kappa shape index (κ2) is 8.14. The lowest BCUT2D eigenvalue weighted by Crippen LogP contribution is -2.39. The molecule has 2 aromatic heterocycles. The quantitative estimate of drug-likeness (QED) is 0.769. The maximum Gasteiger partial charge on any atom is 0.348 e. The molecule has 0 aliphatic heterocycles. The summed E-state index contributed by atoms with van der Waals surface area (Å²) in [5.41, 5.74) is 0. The summed E-state index contributed by atoms with van der Waals surface area (Å²) in [6.07, 6.45) is 1.51. The second-order valence-electron chi connectivity index (χ2n) is 4.66. The van der Waals surface area contributed by atoms with Gasteiger partial charge in [-0.25, -0.2) is 4.79 Å². The molecule has 0 aromatic carbocycles. The van der Waals surface area contributed by atoms with Crippen molar-refractivity contribution < 1.29 is 23.5 Å². The van der Waals surface area contributed by atoms with Gasteiger partial charge in [-0.05, 0) is 23.6 Å². The maximum atomic E-state index is 11.8. The highest BCUT2D eigenvalue weighted by atomic mass is 32.1. The van der Waals surface area contributed by atoms with Gasteiger partial charge in [0.1, 0.15) is 10.6 Å². The van der Waals surface area contributed by atoms with E-state index >= 15 is 0 Å². The molecule has 2 amide bonds. The van der Waals surface area contributed by atoms with Crippen molar-refractivity contribution in [1.29, 1.82) is 0 Å². The smallest absolute Gasteiger partial charge is 0.348 e. The molecule has 0 unspecified atom stereocenters. The van der Waals surface area contributed by atoms with Gasteiger partial charge < -0.3 is 19.4 Å². The van der Waals surface area contributed by atoms with Crippen LogP contribution in [0.3, 0.4) is 0 Å². The highest BCUT2D eigenvalue weighted by Gasteiger charge is 2.16. The largest absolute Gasteiger partial charge is 0.467 e. The Morgan fingerprint density at radius 2 is 2.13 bits per heavy atom. The average molecular weight is 336 g/mol. The summed E-state index contributed by atoms with van der Waals surface area (Å²) >= 11 is 1.23. The van der Waals surface area contributed by atoms with Crippen LogP contribution in [0, 0.1) is 0 Å². The summed E-state index contributed by atoms with van der Waals surface area (Å²) in [6.45, 7) is -0.282. The first-order valence-electron chi connectivity index (χ1n) is 6.80. The summed E-state index contributed by atoms with van der Waals surface area (Å²) < 4.78 is 9.99. The van der Waals surface area contributed by atoms with Crippen LogP contribution in [0.5, 0.6) is 0 Å². The number of nitrogens with one attached hydrogen (secondary N) is 1. The zero-order chi connectivity index (χ0) is 16.7. The summed E-state index contributed by atoms with van der Waals surface area (Å²) in [6, 6.07) is 6.79. The predicted molar refractivity (Wildman–Crippen MR) is 82.8 cm³/mol. The van der Waals surface area contributed by atoms with Crippen LogP contribution in [-0.2, 0) is 20.9 Å². The van der Waals surface area contributed by atoms with E-state index in [-0.39, 0.29) is 19.0 Å². The molecule has 8 heteroatoms. The van der Waals surface area contributed by atoms with E-state index in [0.29, 0.717) is 10.6 Å². The molecule has 122 valence electrons. The lowest BCUT2D eigenvalue weighted by atomic mass is 10.4. The molecule has 23 heavy (non-hydrogen) atoms. The molecular weight excluding hydrogens is 320 g/mol. The fourth-order valence-electron chi connectivity index (χ4n) is 1.66. The SMILES string of the molecule is CN(CC(=O)NCc1ccco1)C(=O)COC(=O)c1cccs1. The normalized spacial score (nSPS) is 10.1. The van der Waals surface area contributed by atoms with Crippen molar-refractivity contribution in [2.24, 2.45) is 0 Å². The van der Waals surface area contributed by atoms with E-state index in [9.17, 15) is 14.4 Å². The van der Waals surface area contributed by atoms with E-state index in [1.165, 1.54) is 29.5 Å². The van der Waals surface area contributed by atoms with Crippen molar-refractivity contribution in [3.8, 4) is 0 Å². The van der Waals surface area contributed by atoms with Crippen LogP contribution in [0.15, 0.2) is 40.3 Å². The molecule has 1 N–H and O–H groups in total. The zero-order valence-electron chi connectivity index (χ0n) is 12.5. The van der Waals surface area contributed by atoms with Crippen molar-refractivity contribution in [3.63, 3.8) is 0 Å². The van der Waals surface area contributed by atoms with Crippen LogP contribution in [0.25, 0.3) is 0 Å². The predicted octanol–water partition coefficient (Wildman–Crippen LogP) is 1.27. The molecule has 2 heterocycles. The van der Waals surface area contributed by atoms with Crippen molar-refractivity contribution in [1.82, 2.24) is 10.2 Å². The number of thiophene rings is 1. The van der Waals surface area contributed by atoms with Gasteiger partial charge in [0.15, 0.2) is 6.61 Å². The Kier molecular flexibility index (Phi) is 5.93. The van der Waals surface area contributed by atoms with Gasteiger partial charge in [-0.3, -0.25) is 9.59 Å². The molecule has 0 fully saturated rings. The number of amides is 2. The first kappa shape index (κ1) is 16.8. The van der Waals surface area contributed by atoms with Crippen LogP contribution in [0.2, 0.25) is 0 Å². The van der Waals surface area contributed by atoms with Gasteiger partial charge in [0.05, 0.1) is 19.4 Å². The molecule has 0 atom stereocenters. The molecule has 2 rings (SSSR count). The first-order chi connectivity index (χ1) is 11.1. The van der Waals surface area contributed by atoms with Gasteiger partial charge in [-0.15, -0.1) is 11.3 Å². The van der Waals surface area contributed by atoms with Crippen LogP contribution < -0.4 is 5.32 Å². The highest BCUT2D eigenvalue weighted by molar-refractivity contribution is 7.11. The zero-order valence-corrected chi connectivity index (χ0v) is 13.3. The molecule has 0 radical (unpaired) electrons. The minimum atomic E-state index is -0.552. The number of hydrogen-bond donors (Lipinski definition) is 1. The molecule has 0 saturated heterocycles. The van der Waals surface area contributed by atoms with Crippen molar-refractivity contribution >= 4 is 29.1 Å². The number of esters is 1. The van der Waals surface area contributed by atoms with Gasteiger partial charge in [0.2, 0.25) is 5.91 Å². The van der Waals surface area contributed by atoms with Crippen LogP contribution in [0.1, 0.15) is 15.4 Å². The van der Waals surface area contributed by atoms with Crippen molar-refractivity contribution in [2.75, 3.05) is 20.2 Å². The topological polar surface area (TPSA) is 88.8 Å². The van der Waals surface area contributed by atoms with Gasteiger partial charge in [0, 0.05) is 7.05 Å². The number of likely N-dealkylation sites (N-methyl/N-ethyl adjacent to an activating group) is 1. The van der Waals surface area contributed by atoms with Gasteiger partial charge >= 0.3 is 5.97 Å². The van der Waals surface area contributed by atoms with E-state index < -0.39 is 18.5 Å². The number of carbonyl (C=O) groups is 3. The summed E-state index contributed by atoms with van der Waals surface area (Å²) in [5.74, 6) is -0.717. The van der Waals surface area contributed by atoms with Crippen LogP contribution >= 0.6 is 11.3 Å². The van der Waals surface area contributed by atoms with E-state index in [1.807, 2.05) is 0 Å². The molecule has 0 bridgehead atoms. The van der Waals surface area contributed by atoms with E-state index in [2.05, 4.69) is 5.32 Å². The molecule has 0 aliphatic rings. The third-order valence-corrected chi connectivity index (χ3v) is 3.75. The van der Waals surface area contributed by atoms with E-state index in [4.69, 9.17) is 9.15 Å². The Hall–Kier alpha value is -2.61. The van der Waals surface area contributed by atoms with Gasteiger partial charge in [-0.1, -0.05) is 6.07 Å².